The number of benzene rings is 2. The fraction of sp³-hybridized carbons (Fsp3) is 0.455. The van der Waals surface area contributed by atoms with Crippen LogP contribution >= 0.6 is 0 Å². The molecular formula is C33H41N3O9. The Hall–Kier alpha value is -4.74. The number of esters is 2. The molecule has 2 aromatic rings. The second-order valence-electron chi connectivity index (χ2n) is 12.2. The number of rotatable bonds is 10. The molecule has 1 aliphatic rings. The Kier molecular flexibility index (Phi) is 11.1. The van der Waals surface area contributed by atoms with Gasteiger partial charge in [0, 0.05) is 26.0 Å². The van der Waals surface area contributed by atoms with Crippen molar-refractivity contribution in [1.82, 2.24) is 16.0 Å². The fourth-order valence-electron chi connectivity index (χ4n) is 5.27. The van der Waals surface area contributed by atoms with E-state index >= 15 is 0 Å². The maximum Gasteiger partial charge on any atom is 0.408 e. The summed E-state index contributed by atoms with van der Waals surface area (Å²) in [5.41, 5.74) is -0.0552. The first-order valence-corrected chi connectivity index (χ1v) is 14.7. The third-order valence-electron chi connectivity index (χ3n) is 7.27. The van der Waals surface area contributed by atoms with Crippen molar-refractivity contribution in [3.05, 3.63) is 59.2 Å². The second kappa shape index (κ2) is 14.4. The van der Waals surface area contributed by atoms with E-state index in [9.17, 15) is 28.8 Å². The average molecular weight is 624 g/mol. The van der Waals surface area contributed by atoms with Gasteiger partial charge in [-0.25, -0.2) is 4.79 Å². The molecule has 2 aromatic carbocycles. The van der Waals surface area contributed by atoms with Crippen molar-refractivity contribution >= 4 is 36.1 Å². The summed E-state index contributed by atoms with van der Waals surface area (Å²) < 4.78 is 16.1. The maximum absolute atomic E-state index is 13.2. The van der Waals surface area contributed by atoms with Crippen molar-refractivity contribution in [2.75, 3.05) is 6.54 Å². The molecule has 3 N–H and O–H groups in total. The Balaban J connectivity index is 1.88. The highest BCUT2D eigenvalue weighted by atomic mass is 16.6. The zero-order chi connectivity index (χ0) is 33.5. The predicted molar refractivity (Wildman–Crippen MR) is 164 cm³/mol. The minimum Gasteiger partial charge on any atom is -0.444 e. The largest absolute Gasteiger partial charge is 0.444 e. The van der Waals surface area contributed by atoms with Gasteiger partial charge in [-0.05, 0) is 70.6 Å². The van der Waals surface area contributed by atoms with Crippen LogP contribution in [0.2, 0.25) is 0 Å². The van der Waals surface area contributed by atoms with Gasteiger partial charge in [-0.1, -0.05) is 36.4 Å². The Morgan fingerprint density at radius 3 is 2.11 bits per heavy atom. The van der Waals surface area contributed by atoms with E-state index in [1.165, 1.54) is 33.8 Å². The zero-order valence-corrected chi connectivity index (χ0v) is 26.6. The lowest BCUT2D eigenvalue weighted by atomic mass is 9.65. The van der Waals surface area contributed by atoms with Crippen molar-refractivity contribution < 1.29 is 43.0 Å². The molecule has 0 fully saturated rings. The average Bonchev–Trinajstić information content (AvgIpc) is 2.95. The molecule has 0 bridgehead atoms. The lowest BCUT2D eigenvalue weighted by Crippen LogP contribution is -2.54. The Labute approximate surface area is 262 Å². The minimum absolute atomic E-state index is 0.0411. The van der Waals surface area contributed by atoms with Crippen molar-refractivity contribution in [3.8, 4) is 11.5 Å². The third-order valence-corrected chi connectivity index (χ3v) is 7.27. The van der Waals surface area contributed by atoms with Crippen LogP contribution in [0, 0.1) is 0 Å². The van der Waals surface area contributed by atoms with Gasteiger partial charge in [0.2, 0.25) is 11.8 Å². The molecular weight excluding hydrogens is 582 g/mol. The zero-order valence-electron chi connectivity index (χ0n) is 26.6. The summed E-state index contributed by atoms with van der Waals surface area (Å²) in [6.07, 6.45) is 0.678. The molecule has 0 aromatic heterocycles. The normalized spacial score (nSPS) is 18.7. The monoisotopic (exact) mass is 623 g/mol. The number of aldehydes is 1. The molecule has 2 unspecified atom stereocenters. The highest BCUT2D eigenvalue weighted by molar-refractivity contribution is 5.91. The highest BCUT2D eigenvalue weighted by Gasteiger charge is 2.43. The summed E-state index contributed by atoms with van der Waals surface area (Å²) in [5, 5.41) is 7.78. The van der Waals surface area contributed by atoms with E-state index in [1.807, 2.05) is 30.3 Å². The summed E-state index contributed by atoms with van der Waals surface area (Å²) in [6.45, 7) is 10.3. The van der Waals surface area contributed by atoms with E-state index in [4.69, 9.17) is 14.2 Å². The van der Waals surface area contributed by atoms with Crippen LogP contribution < -0.4 is 25.4 Å². The van der Waals surface area contributed by atoms with E-state index < -0.39 is 52.9 Å². The van der Waals surface area contributed by atoms with Gasteiger partial charge >= 0.3 is 18.0 Å². The molecule has 242 valence electrons. The molecule has 0 aliphatic heterocycles. The number of carbonyl (C=O) groups excluding carboxylic acids is 6. The van der Waals surface area contributed by atoms with Crippen LogP contribution in [0.5, 0.6) is 11.5 Å². The molecule has 45 heavy (non-hydrogen) atoms. The standard InChI is InChI=1S/C33H41N3O9/c1-19(35-30(41)20(2)36-31(42)45-32(5,6)7)29(40)34-17-33(18-37)16-24(23-11-9-8-10-12-23)15-25-26(33)13-14-27(43-21(3)38)28(25)44-22(4)39/h8-14,18-20,24H,15-17H2,1-7H3,(H,34,40)(H,35,41)(H,36,42)/t19-,20-,24?,33?/m0/s1. The molecule has 0 saturated heterocycles. The first kappa shape index (κ1) is 34.7. The Morgan fingerprint density at radius 2 is 1.53 bits per heavy atom. The smallest absolute Gasteiger partial charge is 0.408 e. The lowest BCUT2D eigenvalue weighted by Gasteiger charge is -2.40. The first-order chi connectivity index (χ1) is 21.0. The number of nitrogens with one attached hydrogen (secondary N) is 3. The predicted octanol–water partition coefficient (Wildman–Crippen LogP) is 3.24. The summed E-state index contributed by atoms with van der Waals surface area (Å²) in [6, 6.07) is 10.6. The molecule has 3 rings (SSSR count). The molecule has 1 aliphatic carbocycles. The van der Waals surface area contributed by atoms with Crippen LogP contribution in [-0.4, -0.2) is 60.4 Å². The van der Waals surface area contributed by atoms with Gasteiger partial charge in [-0.2, -0.15) is 0 Å². The quantitative estimate of drug-likeness (QED) is 0.205. The molecule has 0 spiro atoms. The summed E-state index contributed by atoms with van der Waals surface area (Å²) >= 11 is 0. The molecule has 0 saturated carbocycles. The van der Waals surface area contributed by atoms with E-state index in [2.05, 4.69) is 16.0 Å². The van der Waals surface area contributed by atoms with Crippen molar-refractivity contribution in [1.29, 1.82) is 0 Å². The van der Waals surface area contributed by atoms with E-state index in [1.54, 1.807) is 26.8 Å². The third kappa shape index (κ3) is 9.13. The van der Waals surface area contributed by atoms with Gasteiger partial charge in [-0.3, -0.25) is 19.2 Å². The number of ether oxygens (including phenoxy) is 3. The van der Waals surface area contributed by atoms with Crippen molar-refractivity contribution in [2.45, 2.75) is 90.3 Å². The summed E-state index contributed by atoms with van der Waals surface area (Å²) in [4.78, 5) is 74.9. The molecule has 0 heterocycles. The highest BCUT2D eigenvalue weighted by Crippen LogP contribution is 2.48. The van der Waals surface area contributed by atoms with Crippen LogP contribution in [0.15, 0.2) is 42.5 Å². The van der Waals surface area contributed by atoms with E-state index in [0.29, 0.717) is 24.0 Å². The van der Waals surface area contributed by atoms with Gasteiger partial charge in [0.1, 0.15) is 24.0 Å². The molecule has 3 amide bonds. The Bertz CT molecular complexity index is 1450. The number of hydrogen-bond acceptors (Lipinski definition) is 9. The van der Waals surface area contributed by atoms with Gasteiger partial charge in [0.05, 0.1) is 5.41 Å². The van der Waals surface area contributed by atoms with Crippen LogP contribution in [0.4, 0.5) is 4.79 Å². The van der Waals surface area contributed by atoms with Crippen LogP contribution in [0.3, 0.4) is 0 Å². The first-order valence-electron chi connectivity index (χ1n) is 14.7. The van der Waals surface area contributed by atoms with Crippen molar-refractivity contribution in [2.24, 2.45) is 0 Å². The molecule has 0 radical (unpaired) electrons. The minimum atomic E-state index is -1.26. The Morgan fingerprint density at radius 1 is 0.911 bits per heavy atom. The van der Waals surface area contributed by atoms with Crippen LogP contribution in [0.25, 0.3) is 0 Å². The van der Waals surface area contributed by atoms with E-state index in [-0.39, 0.29) is 24.0 Å². The van der Waals surface area contributed by atoms with Gasteiger partial charge in [-0.15, -0.1) is 0 Å². The lowest BCUT2D eigenvalue weighted by molar-refractivity contribution is -0.134. The number of amides is 3. The number of fused-ring (bicyclic) bond motifs is 1. The molecule has 4 atom stereocenters. The summed E-state index contributed by atoms with van der Waals surface area (Å²) in [7, 11) is 0. The second-order valence-corrected chi connectivity index (χ2v) is 12.2. The number of alkyl carbamates (subject to hydrolysis) is 1. The van der Waals surface area contributed by atoms with Gasteiger partial charge < -0.3 is 35.0 Å². The SMILES string of the molecule is CC(=O)Oc1ccc2c(c1OC(C)=O)CC(c1ccccc1)CC2(C=O)CNC(=O)[C@H](C)NC(=O)[C@H](C)NC(=O)OC(C)(C)C. The molecule has 12 heteroatoms. The van der Waals surface area contributed by atoms with Crippen LogP contribution in [0.1, 0.15) is 77.5 Å². The number of hydrogen-bond donors (Lipinski definition) is 3. The maximum atomic E-state index is 13.2. The topological polar surface area (TPSA) is 166 Å². The van der Waals surface area contributed by atoms with Gasteiger partial charge in [0.25, 0.3) is 0 Å². The van der Waals surface area contributed by atoms with Crippen molar-refractivity contribution in [3.63, 3.8) is 0 Å². The summed E-state index contributed by atoms with van der Waals surface area (Å²) in [5.74, 6) is -2.55. The van der Waals surface area contributed by atoms with E-state index in [0.717, 1.165) is 11.8 Å². The molecule has 12 nitrogen and oxygen atoms in total. The fourth-order valence-corrected chi connectivity index (χ4v) is 5.27. The van der Waals surface area contributed by atoms with Gasteiger partial charge in [0.15, 0.2) is 11.5 Å². The number of carbonyl (C=O) groups is 6. The van der Waals surface area contributed by atoms with Crippen LogP contribution in [-0.2, 0) is 40.5 Å².